The number of hydrogen-bond donors (Lipinski definition) is 3. The fraction of sp³-hybridized carbons (Fsp3) is 0.341. The van der Waals surface area contributed by atoms with Gasteiger partial charge in [-0.15, -0.1) is 0 Å². The topological polar surface area (TPSA) is 125 Å². The van der Waals surface area contributed by atoms with Gasteiger partial charge in [0.2, 0.25) is 5.91 Å². The molecule has 2 saturated heterocycles. The van der Waals surface area contributed by atoms with Crippen molar-refractivity contribution in [3.8, 4) is 17.6 Å². The van der Waals surface area contributed by atoms with E-state index in [9.17, 15) is 24.6 Å². The van der Waals surface area contributed by atoms with Crippen LogP contribution in [0.15, 0.2) is 103 Å². The van der Waals surface area contributed by atoms with Crippen LogP contribution in [0.25, 0.3) is 0 Å². The average molecular weight is 711 g/mol. The number of amides is 1. The van der Waals surface area contributed by atoms with Gasteiger partial charge in [-0.2, -0.15) is 0 Å². The van der Waals surface area contributed by atoms with Crippen LogP contribution in [0.2, 0.25) is 0 Å². The van der Waals surface area contributed by atoms with Crippen molar-refractivity contribution in [3.63, 3.8) is 0 Å². The zero-order valence-electron chi connectivity index (χ0n) is 29.3. The third-order valence-electron chi connectivity index (χ3n) is 11.5. The molecule has 53 heavy (non-hydrogen) atoms. The van der Waals surface area contributed by atoms with Gasteiger partial charge in [0, 0.05) is 17.7 Å². The zero-order chi connectivity index (χ0) is 36.5. The fourth-order valence-electron chi connectivity index (χ4n) is 9.25. The summed E-state index contributed by atoms with van der Waals surface area (Å²) in [5.41, 5.74) is 2.12. The number of benzene rings is 4. The standard InChI is InChI=1S/C44H42N2O7/c47-25-26-52-33-22-20-32(21-23-33)40-44(34-27-29(19-24-35(34)45-43(44)51)14-10-13-28-11-4-1-5-12-28)36(41(48)49)38-42(50)53-39(31-17-8-3-9-18-31)37(46(38)40)30-15-6-2-7-16-30/h2-3,6-9,15-24,27-28,36-40,47H,1,4-5,11-13,25-26H2,(H,45,51)(H,48,49)/t36-,37-,38-,39+,40+,44-/m0/s1. The molecule has 270 valence electrons. The number of rotatable bonds is 8. The Labute approximate surface area is 308 Å². The number of nitrogens with zero attached hydrogens (tertiary/aromatic N) is 1. The number of ether oxygens (including phenoxy) is 2. The highest BCUT2D eigenvalue weighted by atomic mass is 16.6. The molecular weight excluding hydrogens is 668 g/mol. The number of aliphatic hydroxyl groups excluding tert-OH is 1. The Balaban J connectivity index is 1.34. The molecule has 0 bridgehead atoms. The van der Waals surface area contributed by atoms with Crippen LogP contribution in [-0.4, -0.2) is 52.2 Å². The van der Waals surface area contributed by atoms with E-state index in [0.717, 1.165) is 17.5 Å². The summed E-state index contributed by atoms with van der Waals surface area (Å²) in [4.78, 5) is 45.1. The molecule has 3 heterocycles. The number of carboxylic acid groups (broad SMARTS) is 1. The number of carbonyl (C=O) groups is 3. The molecule has 8 rings (SSSR count). The largest absolute Gasteiger partial charge is 0.491 e. The van der Waals surface area contributed by atoms with E-state index in [0.29, 0.717) is 34.0 Å². The summed E-state index contributed by atoms with van der Waals surface area (Å²) in [5.74, 6) is 3.78. The van der Waals surface area contributed by atoms with Crippen molar-refractivity contribution >= 4 is 23.5 Å². The number of carboxylic acids is 1. The van der Waals surface area contributed by atoms with Crippen molar-refractivity contribution in [1.29, 1.82) is 0 Å². The first-order valence-corrected chi connectivity index (χ1v) is 18.5. The molecule has 1 aliphatic carbocycles. The van der Waals surface area contributed by atoms with Crippen LogP contribution in [0.5, 0.6) is 5.75 Å². The van der Waals surface area contributed by atoms with Crippen LogP contribution in [0.1, 0.15) is 84.5 Å². The molecule has 0 radical (unpaired) electrons. The molecule has 3 N–H and O–H groups in total. The molecule has 1 saturated carbocycles. The van der Waals surface area contributed by atoms with Crippen LogP contribution < -0.4 is 10.1 Å². The lowest BCUT2D eigenvalue weighted by molar-refractivity contribution is -0.179. The smallest absolute Gasteiger partial charge is 0.325 e. The maximum atomic E-state index is 14.9. The molecule has 4 aromatic carbocycles. The lowest BCUT2D eigenvalue weighted by atomic mass is 9.65. The summed E-state index contributed by atoms with van der Waals surface area (Å²) in [5, 5.41) is 23.6. The summed E-state index contributed by atoms with van der Waals surface area (Å²) in [6.07, 6.45) is 6.05. The monoisotopic (exact) mass is 710 g/mol. The van der Waals surface area contributed by atoms with Gasteiger partial charge in [0.25, 0.3) is 0 Å². The minimum atomic E-state index is -1.75. The third-order valence-corrected chi connectivity index (χ3v) is 11.5. The summed E-state index contributed by atoms with van der Waals surface area (Å²) in [7, 11) is 0. The van der Waals surface area contributed by atoms with Crippen molar-refractivity contribution in [2.75, 3.05) is 18.5 Å². The van der Waals surface area contributed by atoms with Gasteiger partial charge in [-0.3, -0.25) is 19.3 Å². The van der Waals surface area contributed by atoms with Crippen LogP contribution in [0, 0.1) is 23.7 Å². The maximum absolute atomic E-state index is 14.9. The second kappa shape index (κ2) is 14.5. The van der Waals surface area contributed by atoms with Gasteiger partial charge in [0.1, 0.15) is 35.8 Å². The summed E-state index contributed by atoms with van der Waals surface area (Å²) in [6.45, 7) is -0.0587. The van der Waals surface area contributed by atoms with E-state index >= 15 is 0 Å². The normalized spacial score (nSPS) is 26.5. The highest BCUT2D eigenvalue weighted by molar-refractivity contribution is 6.11. The quantitative estimate of drug-likeness (QED) is 0.136. The van der Waals surface area contributed by atoms with Crippen LogP contribution >= 0.6 is 0 Å². The average Bonchev–Trinajstić information content (AvgIpc) is 3.67. The van der Waals surface area contributed by atoms with Gasteiger partial charge < -0.3 is 25.0 Å². The number of esters is 1. The Bertz CT molecular complexity index is 2050. The Morgan fingerprint density at radius 1 is 0.868 bits per heavy atom. The number of hydrogen-bond acceptors (Lipinski definition) is 7. The van der Waals surface area contributed by atoms with Gasteiger partial charge in [-0.25, -0.2) is 0 Å². The summed E-state index contributed by atoms with van der Waals surface area (Å²) in [6, 6.07) is 28.8. The number of carbonyl (C=O) groups excluding carboxylic acids is 2. The fourth-order valence-corrected chi connectivity index (χ4v) is 9.25. The van der Waals surface area contributed by atoms with Crippen LogP contribution in [-0.2, 0) is 24.5 Å². The predicted octanol–water partition coefficient (Wildman–Crippen LogP) is 6.74. The van der Waals surface area contributed by atoms with E-state index in [4.69, 9.17) is 9.47 Å². The van der Waals surface area contributed by atoms with Crippen molar-refractivity contribution < 1.29 is 34.1 Å². The third kappa shape index (κ3) is 6.06. The first-order chi connectivity index (χ1) is 25.9. The van der Waals surface area contributed by atoms with Gasteiger partial charge in [-0.05, 0) is 71.3 Å². The molecule has 4 aromatic rings. The van der Waals surface area contributed by atoms with Crippen molar-refractivity contribution in [2.24, 2.45) is 11.8 Å². The van der Waals surface area contributed by atoms with E-state index in [-0.39, 0.29) is 13.2 Å². The number of aliphatic carboxylic acids is 1. The van der Waals surface area contributed by atoms with E-state index in [1.54, 1.807) is 18.2 Å². The van der Waals surface area contributed by atoms with Crippen LogP contribution in [0.4, 0.5) is 5.69 Å². The lowest BCUT2D eigenvalue weighted by Crippen LogP contribution is -2.52. The van der Waals surface area contributed by atoms with Crippen molar-refractivity contribution in [2.45, 2.75) is 68.2 Å². The Kier molecular flexibility index (Phi) is 9.50. The highest BCUT2D eigenvalue weighted by Crippen LogP contribution is 2.64. The van der Waals surface area contributed by atoms with Crippen molar-refractivity contribution in [1.82, 2.24) is 4.90 Å². The van der Waals surface area contributed by atoms with Crippen molar-refractivity contribution in [3.05, 3.63) is 131 Å². The predicted molar refractivity (Wildman–Crippen MR) is 198 cm³/mol. The molecule has 9 nitrogen and oxygen atoms in total. The molecule has 0 unspecified atom stereocenters. The highest BCUT2D eigenvalue weighted by Gasteiger charge is 2.74. The molecule has 1 spiro atoms. The molecule has 9 heteroatoms. The molecular formula is C44H42N2O7. The van der Waals surface area contributed by atoms with E-state index < -0.39 is 53.4 Å². The maximum Gasteiger partial charge on any atom is 0.325 e. The summed E-state index contributed by atoms with van der Waals surface area (Å²) >= 11 is 0. The molecule has 0 aromatic heterocycles. The molecule has 1 amide bonds. The number of morpholine rings is 1. The number of anilines is 1. The minimum absolute atomic E-state index is 0.100. The lowest BCUT2D eigenvalue weighted by Gasteiger charge is -2.46. The number of nitrogens with one attached hydrogen (secondary N) is 1. The summed E-state index contributed by atoms with van der Waals surface area (Å²) < 4.78 is 12.0. The van der Waals surface area contributed by atoms with Gasteiger partial charge >= 0.3 is 11.9 Å². The Hall–Kier alpha value is -5.43. The van der Waals surface area contributed by atoms with E-state index in [1.165, 1.54) is 32.1 Å². The number of aliphatic hydroxyl groups is 1. The Morgan fingerprint density at radius 2 is 1.57 bits per heavy atom. The van der Waals surface area contributed by atoms with Gasteiger partial charge in [-0.1, -0.05) is 104 Å². The molecule has 6 atom stereocenters. The second-order valence-electron chi connectivity index (χ2n) is 14.5. The SMILES string of the molecule is O=C1O[C@H](c2ccccc2)[C@H](c2ccccc2)N2[C@H]1[C@@H](C(=O)O)[C@]1(C(=O)Nc3ccc(C#CCC4CCCCC4)cc31)[C@H]2c1ccc(OCCO)cc1. The Morgan fingerprint density at radius 3 is 2.25 bits per heavy atom. The molecule has 4 aliphatic rings. The zero-order valence-corrected chi connectivity index (χ0v) is 29.3. The first kappa shape index (κ1) is 34.6. The van der Waals surface area contributed by atoms with Gasteiger partial charge in [0.05, 0.1) is 18.7 Å². The second-order valence-corrected chi connectivity index (χ2v) is 14.5. The van der Waals surface area contributed by atoms with Crippen LogP contribution in [0.3, 0.4) is 0 Å². The van der Waals surface area contributed by atoms with E-state index in [1.807, 2.05) is 89.8 Å². The first-order valence-electron chi connectivity index (χ1n) is 18.5. The minimum Gasteiger partial charge on any atom is -0.491 e. The van der Waals surface area contributed by atoms with Gasteiger partial charge in [0.15, 0.2) is 0 Å². The van der Waals surface area contributed by atoms with E-state index in [2.05, 4.69) is 17.2 Å². The number of fused-ring (bicyclic) bond motifs is 3. The number of cyclic esters (lactones) is 1. The molecule has 3 aliphatic heterocycles. The molecule has 3 fully saturated rings.